The number of para-hydroxylation sites is 2. The van der Waals surface area contributed by atoms with Gasteiger partial charge in [0.25, 0.3) is 0 Å². The van der Waals surface area contributed by atoms with Crippen molar-refractivity contribution in [2.24, 2.45) is 0 Å². The van der Waals surface area contributed by atoms with E-state index in [1.165, 1.54) is 9.75 Å². The van der Waals surface area contributed by atoms with Gasteiger partial charge in [0.15, 0.2) is 0 Å². The Hall–Kier alpha value is -1.65. The van der Waals surface area contributed by atoms with Gasteiger partial charge in [-0.25, -0.2) is 4.98 Å². The predicted molar refractivity (Wildman–Crippen MR) is 89.7 cm³/mol. The van der Waals surface area contributed by atoms with E-state index in [2.05, 4.69) is 54.3 Å². The minimum atomic E-state index is 0.238. The topological polar surface area (TPSA) is 40.7 Å². The molecule has 0 radical (unpaired) electrons. The number of nitrogens with zero attached hydrogens (tertiary/aromatic N) is 1. The summed E-state index contributed by atoms with van der Waals surface area (Å²) in [6.07, 6.45) is 0. The van der Waals surface area contributed by atoms with Gasteiger partial charge in [-0.2, -0.15) is 0 Å². The van der Waals surface area contributed by atoms with Gasteiger partial charge in [0, 0.05) is 16.3 Å². The number of benzene rings is 1. The molecule has 2 aromatic heterocycles. The first-order valence-electron chi connectivity index (χ1n) is 7.26. The van der Waals surface area contributed by atoms with Crippen molar-refractivity contribution in [2.45, 2.75) is 39.3 Å². The summed E-state index contributed by atoms with van der Waals surface area (Å²) < 4.78 is 0. The van der Waals surface area contributed by atoms with E-state index in [0.29, 0.717) is 0 Å². The molecule has 4 heteroatoms. The fourth-order valence-electron chi connectivity index (χ4n) is 2.27. The number of aromatic nitrogens is 2. The lowest BCUT2D eigenvalue weighted by atomic mass is 9.95. The Bertz CT molecular complexity index is 701. The van der Waals surface area contributed by atoms with Gasteiger partial charge < -0.3 is 10.3 Å². The Labute approximate surface area is 129 Å². The molecule has 0 amide bonds. The second-order valence-corrected chi connectivity index (χ2v) is 7.49. The highest BCUT2D eigenvalue weighted by atomic mass is 32.1. The van der Waals surface area contributed by atoms with Gasteiger partial charge in [0.2, 0.25) is 0 Å². The average Bonchev–Trinajstić information content (AvgIpc) is 3.03. The molecule has 0 fully saturated rings. The molecule has 0 saturated carbocycles. The Morgan fingerprint density at radius 1 is 1.10 bits per heavy atom. The van der Waals surface area contributed by atoms with Gasteiger partial charge in [-0.1, -0.05) is 32.9 Å². The lowest BCUT2D eigenvalue weighted by molar-refractivity contribution is 0.604. The van der Waals surface area contributed by atoms with Crippen LogP contribution in [0.2, 0.25) is 0 Å². The van der Waals surface area contributed by atoms with Crippen LogP contribution in [0.3, 0.4) is 0 Å². The summed E-state index contributed by atoms with van der Waals surface area (Å²) in [5, 5.41) is 3.46. The lowest BCUT2D eigenvalue weighted by Crippen LogP contribution is -2.12. The Kier molecular flexibility index (Phi) is 3.83. The van der Waals surface area contributed by atoms with E-state index in [1.807, 2.05) is 29.5 Å². The largest absolute Gasteiger partial charge is 0.341 e. The molecular weight excluding hydrogens is 278 g/mol. The normalized spacial score (nSPS) is 12.1. The maximum Gasteiger partial charge on any atom is 0.121 e. The third kappa shape index (κ3) is 3.34. The fourth-order valence-corrected chi connectivity index (χ4v) is 3.30. The van der Waals surface area contributed by atoms with Crippen LogP contribution in [-0.4, -0.2) is 9.97 Å². The number of thiophene rings is 1. The standard InChI is InChI=1S/C17H21N3S/c1-17(2,3)15-9-8-12(21-15)10-18-11-16-19-13-6-4-5-7-14(13)20-16/h4-9,18H,10-11H2,1-3H3,(H,19,20). The molecule has 0 aliphatic rings. The van der Waals surface area contributed by atoms with Crippen LogP contribution in [0.15, 0.2) is 36.4 Å². The van der Waals surface area contributed by atoms with Gasteiger partial charge in [-0.15, -0.1) is 11.3 Å². The van der Waals surface area contributed by atoms with E-state index < -0.39 is 0 Å². The number of hydrogen-bond donors (Lipinski definition) is 2. The van der Waals surface area contributed by atoms with Crippen molar-refractivity contribution in [3.05, 3.63) is 52.0 Å². The van der Waals surface area contributed by atoms with E-state index in [4.69, 9.17) is 0 Å². The van der Waals surface area contributed by atoms with Crippen LogP contribution in [0, 0.1) is 0 Å². The molecule has 3 nitrogen and oxygen atoms in total. The molecule has 21 heavy (non-hydrogen) atoms. The Morgan fingerprint density at radius 2 is 1.90 bits per heavy atom. The minimum absolute atomic E-state index is 0.238. The zero-order chi connectivity index (χ0) is 14.9. The van der Waals surface area contributed by atoms with Gasteiger partial charge in [-0.05, 0) is 29.7 Å². The number of rotatable bonds is 4. The first-order valence-corrected chi connectivity index (χ1v) is 8.07. The second-order valence-electron chi connectivity index (χ2n) is 6.32. The van der Waals surface area contributed by atoms with Crippen LogP contribution in [0.25, 0.3) is 11.0 Å². The summed E-state index contributed by atoms with van der Waals surface area (Å²) in [6.45, 7) is 8.41. The molecule has 0 atom stereocenters. The molecule has 2 heterocycles. The summed E-state index contributed by atoms with van der Waals surface area (Å²) in [5.74, 6) is 0.990. The number of imidazole rings is 1. The molecule has 1 aromatic carbocycles. The first-order chi connectivity index (χ1) is 10.0. The van der Waals surface area contributed by atoms with Gasteiger partial charge in [0.1, 0.15) is 5.82 Å². The van der Waals surface area contributed by atoms with Gasteiger partial charge >= 0.3 is 0 Å². The van der Waals surface area contributed by atoms with Crippen molar-refractivity contribution < 1.29 is 0 Å². The highest BCUT2D eigenvalue weighted by Crippen LogP contribution is 2.29. The molecule has 0 spiro atoms. The molecule has 0 aliphatic carbocycles. The van der Waals surface area contributed by atoms with E-state index in [0.717, 1.165) is 29.9 Å². The van der Waals surface area contributed by atoms with Gasteiger partial charge in [-0.3, -0.25) is 0 Å². The van der Waals surface area contributed by atoms with E-state index >= 15 is 0 Å². The van der Waals surface area contributed by atoms with Crippen molar-refractivity contribution in [3.63, 3.8) is 0 Å². The van der Waals surface area contributed by atoms with Crippen LogP contribution in [-0.2, 0) is 18.5 Å². The zero-order valence-electron chi connectivity index (χ0n) is 12.7. The molecular formula is C17H21N3S. The number of fused-ring (bicyclic) bond motifs is 1. The smallest absolute Gasteiger partial charge is 0.121 e. The summed E-state index contributed by atoms with van der Waals surface area (Å²) in [5.41, 5.74) is 2.36. The number of H-pyrrole nitrogens is 1. The quantitative estimate of drug-likeness (QED) is 0.757. The highest BCUT2D eigenvalue weighted by Gasteiger charge is 2.15. The molecule has 0 saturated heterocycles. The van der Waals surface area contributed by atoms with Crippen LogP contribution in [0.1, 0.15) is 36.3 Å². The van der Waals surface area contributed by atoms with Crippen molar-refractivity contribution in [1.82, 2.24) is 15.3 Å². The van der Waals surface area contributed by atoms with Crippen molar-refractivity contribution in [1.29, 1.82) is 0 Å². The SMILES string of the molecule is CC(C)(C)c1ccc(CNCc2nc3ccccc3[nH]2)s1. The van der Waals surface area contributed by atoms with Crippen molar-refractivity contribution in [2.75, 3.05) is 0 Å². The first kappa shape index (κ1) is 14.3. The van der Waals surface area contributed by atoms with E-state index in [1.54, 1.807) is 0 Å². The molecule has 3 rings (SSSR count). The van der Waals surface area contributed by atoms with Crippen LogP contribution < -0.4 is 5.32 Å². The highest BCUT2D eigenvalue weighted by molar-refractivity contribution is 7.12. The van der Waals surface area contributed by atoms with E-state index in [-0.39, 0.29) is 5.41 Å². The fraction of sp³-hybridized carbons (Fsp3) is 0.353. The Balaban J connectivity index is 1.59. The zero-order valence-corrected chi connectivity index (χ0v) is 13.6. The molecule has 0 unspecified atom stereocenters. The Morgan fingerprint density at radius 3 is 2.62 bits per heavy atom. The minimum Gasteiger partial charge on any atom is -0.341 e. The summed E-state index contributed by atoms with van der Waals surface area (Å²) in [7, 11) is 0. The van der Waals surface area contributed by atoms with Crippen LogP contribution >= 0.6 is 11.3 Å². The third-order valence-electron chi connectivity index (χ3n) is 3.43. The molecule has 0 bridgehead atoms. The molecule has 0 aliphatic heterocycles. The molecule has 2 N–H and O–H groups in total. The lowest BCUT2D eigenvalue weighted by Gasteiger charge is -2.15. The molecule has 110 valence electrons. The number of hydrogen-bond acceptors (Lipinski definition) is 3. The van der Waals surface area contributed by atoms with Gasteiger partial charge in [0.05, 0.1) is 17.6 Å². The predicted octanol–water partition coefficient (Wildman–Crippen LogP) is 4.21. The summed E-state index contributed by atoms with van der Waals surface area (Å²) >= 11 is 1.89. The number of nitrogens with one attached hydrogen (secondary N) is 2. The third-order valence-corrected chi connectivity index (χ3v) is 4.94. The maximum absolute atomic E-state index is 4.57. The van der Waals surface area contributed by atoms with Crippen LogP contribution in [0.5, 0.6) is 0 Å². The molecule has 3 aromatic rings. The second kappa shape index (κ2) is 5.62. The maximum atomic E-state index is 4.57. The van der Waals surface area contributed by atoms with Crippen molar-refractivity contribution in [3.8, 4) is 0 Å². The number of aromatic amines is 1. The summed E-state index contributed by atoms with van der Waals surface area (Å²) in [4.78, 5) is 10.7. The van der Waals surface area contributed by atoms with E-state index in [9.17, 15) is 0 Å². The van der Waals surface area contributed by atoms with Crippen molar-refractivity contribution >= 4 is 22.4 Å². The summed E-state index contributed by atoms with van der Waals surface area (Å²) in [6, 6.07) is 12.6. The van der Waals surface area contributed by atoms with Crippen LogP contribution in [0.4, 0.5) is 0 Å². The monoisotopic (exact) mass is 299 g/mol. The average molecular weight is 299 g/mol.